The van der Waals surface area contributed by atoms with Crippen molar-refractivity contribution in [2.24, 2.45) is 7.05 Å². The molecule has 4 nitrogen and oxygen atoms in total. The zero-order valence-corrected chi connectivity index (χ0v) is 16.8. The number of hydrogen-bond donors (Lipinski definition) is 1. The van der Waals surface area contributed by atoms with E-state index in [4.69, 9.17) is 0 Å². The van der Waals surface area contributed by atoms with Crippen LogP contribution in [-0.4, -0.2) is 14.7 Å². The second-order valence-electron chi connectivity index (χ2n) is 6.75. The van der Waals surface area contributed by atoms with E-state index in [9.17, 15) is 18.7 Å². The van der Waals surface area contributed by atoms with Crippen LogP contribution in [0.15, 0.2) is 53.3 Å². The normalized spacial score (nSPS) is 10.8. The van der Waals surface area contributed by atoms with Crippen molar-refractivity contribution < 1.29 is 13.9 Å². The van der Waals surface area contributed by atoms with Crippen molar-refractivity contribution in [3.05, 3.63) is 92.2 Å². The number of fused-ring (bicyclic) bond motifs is 1. The Kier molecular flexibility index (Phi) is 5.34. The maximum atomic E-state index is 13.5. The van der Waals surface area contributed by atoms with Crippen LogP contribution in [0.1, 0.15) is 21.7 Å². The van der Waals surface area contributed by atoms with Crippen LogP contribution in [0, 0.1) is 23.5 Å². The molecular formula is C23H16F2N2O2S. The van der Waals surface area contributed by atoms with Crippen LogP contribution in [0.5, 0.6) is 5.75 Å². The van der Waals surface area contributed by atoms with Crippen molar-refractivity contribution in [2.45, 2.75) is 12.8 Å². The summed E-state index contributed by atoms with van der Waals surface area (Å²) in [5.41, 5.74) is 1.37. The highest BCUT2D eigenvalue weighted by molar-refractivity contribution is 7.18. The van der Waals surface area contributed by atoms with E-state index >= 15 is 0 Å². The van der Waals surface area contributed by atoms with Gasteiger partial charge in [-0.15, -0.1) is 0 Å². The fraction of sp³-hybridized carbons (Fsp3) is 0.130. The summed E-state index contributed by atoms with van der Waals surface area (Å²) in [7, 11) is 1.58. The van der Waals surface area contributed by atoms with E-state index in [1.165, 1.54) is 22.0 Å². The number of halogens is 2. The standard InChI is InChI=1S/C23H16F2N2O2S/c1-27-22(29)16(12-15-10-11-17(24)18(25)13-15)21(28)20-23(27)30-19(26-20)9-5-8-14-6-3-2-4-7-14/h2-4,6-7,10-11,13,28H,8,12H2,1H3. The molecule has 4 rings (SSSR count). The minimum Gasteiger partial charge on any atom is -0.505 e. The summed E-state index contributed by atoms with van der Waals surface area (Å²) in [4.78, 5) is 17.6. The number of benzene rings is 2. The Labute approximate surface area is 175 Å². The maximum absolute atomic E-state index is 13.5. The molecule has 0 amide bonds. The van der Waals surface area contributed by atoms with Crippen LogP contribution in [0.3, 0.4) is 0 Å². The second-order valence-corrected chi connectivity index (χ2v) is 7.73. The van der Waals surface area contributed by atoms with Gasteiger partial charge in [0.15, 0.2) is 22.4 Å². The average Bonchev–Trinajstić information content (AvgIpc) is 3.17. The smallest absolute Gasteiger partial charge is 0.258 e. The summed E-state index contributed by atoms with van der Waals surface area (Å²) < 4.78 is 28.1. The highest BCUT2D eigenvalue weighted by Gasteiger charge is 2.19. The topological polar surface area (TPSA) is 55.1 Å². The summed E-state index contributed by atoms with van der Waals surface area (Å²) in [6.45, 7) is 0. The van der Waals surface area contributed by atoms with Gasteiger partial charge in [0.05, 0.1) is 5.56 Å². The van der Waals surface area contributed by atoms with Crippen molar-refractivity contribution in [3.8, 4) is 17.6 Å². The van der Waals surface area contributed by atoms with E-state index < -0.39 is 17.2 Å². The largest absolute Gasteiger partial charge is 0.505 e. The van der Waals surface area contributed by atoms with Gasteiger partial charge in [-0.1, -0.05) is 53.7 Å². The van der Waals surface area contributed by atoms with Crippen LogP contribution in [0.25, 0.3) is 10.3 Å². The van der Waals surface area contributed by atoms with Crippen LogP contribution in [-0.2, 0) is 19.9 Å². The number of aromatic nitrogens is 2. The van der Waals surface area contributed by atoms with Crippen molar-refractivity contribution in [1.82, 2.24) is 9.55 Å². The lowest BCUT2D eigenvalue weighted by Crippen LogP contribution is -2.21. The molecule has 1 N–H and O–H groups in total. The molecule has 0 bridgehead atoms. The summed E-state index contributed by atoms with van der Waals surface area (Å²) in [5.74, 6) is 3.80. The molecule has 0 saturated heterocycles. The van der Waals surface area contributed by atoms with E-state index in [2.05, 4.69) is 16.8 Å². The molecule has 0 spiro atoms. The molecule has 30 heavy (non-hydrogen) atoms. The molecule has 0 fully saturated rings. The van der Waals surface area contributed by atoms with Gasteiger partial charge in [0.2, 0.25) is 0 Å². The van der Waals surface area contributed by atoms with E-state index in [1.807, 2.05) is 30.3 Å². The maximum Gasteiger partial charge on any atom is 0.258 e. The third-order valence-electron chi connectivity index (χ3n) is 4.68. The number of aryl methyl sites for hydroxylation is 1. The molecule has 0 aliphatic heterocycles. The van der Waals surface area contributed by atoms with Crippen LogP contribution < -0.4 is 5.56 Å². The Balaban J connectivity index is 1.70. The van der Waals surface area contributed by atoms with E-state index in [1.54, 1.807) is 7.05 Å². The fourth-order valence-electron chi connectivity index (χ4n) is 3.12. The summed E-state index contributed by atoms with van der Waals surface area (Å²) in [5, 5.41) is 11.2. The lowest BCUT2D eigenvalue weighted by Gasteiger charge is -2.08. The van der Waals surface area contributed by atoms with Crippen LogP contribution >= 0.6 is 11.3 Å². The van der Waals surface area contributed by atoms with Gasteiger partial charge in [-0.05, 0) is 29.2 Å². The summed E-state index contributed by atoms with van der Waals surface area (Å²) >= 11 is 1.22. The van der Waals surface area contributed by atoms with Gasteiger partial charge in [0.25, 0.3) is 5.56 Å². The van der Waals surface area contributed by atoms with Gasteiger partial charge in [-0.3, -0.25) is 4.79 Å². The minimum atomic E-state index is -1.01. The molecule has 2 heterocycles. The minimum absolute atomic E-state index is 0.0435. The van der Waals surface area contributed by atoms with Crippen LogP contribution in [0.2, 0.25) is 0 Å². The average molecular weight is 422 g/mol. The molecule has 0 aliphatic rings. The first-order chi connectivity index (χ1) is 14.4. The highest BCUT2D eigenvalue weighted by Crippen LogP contribution is 2.30. The number of rotatable bonds is 3. The summed E-state index contributed by atoms with van der Waals surface area (Å²) in [6.07, 6.45) is 0.515. The predicted octanol–water partition coefficient (Wildman–Crippen LogP) is 4.16. The lowest BCUT2D eigenvalue weighted by molar-refractivity contribution is 0.471. The Morgan fingerprint density at radius 2 is 1.87 bits per heavy atom. The number of nitrogens with zero attached hydrogens (tertiary/aromatic N) is 2. The first-order valence-corrected chi connectivity index (χ1v) is 9.94. The Morgan fingerprint density at radius 1 is 1.10 bits per heavy atom. The van der Waals surface area contributed by atoms with Gasteiger partial charge in [0, 0.05) is 19.9 Å². The number of pyridine rings is 1. The fourth-order valence-corrected chi connectivity index (χ4v) is 4.02. The van der Waals surface area contributed by atoms with E-state index in [0.29, 0.717) is 21.8 Å². The van der Waals surface area contributed by atoms with E-state index in [0.717, 1.165) is 17.7 Å². The molecule has 0 aliphatic carbocycles. The third-order valence-corrected chi connectivity index (χ3v) is 5.73. The number of aromatic hydroxyl groups is 1. The SMILES string of the molecule is Cn1c(=O)c(Cc2ccc(F)c(F)c2)c(O)c2nc(C#CCc3ccccc3)sc21. The molecule has 2 aromatic heterocycles. The van der Waals surface area contributed by atoms with Crippen molar-refractivity contribution in [1.29, 1.82) is 0 Å². The molecule has 4 aromatic rings. The number of thiazole rings is 1. The number of hydrogen-bond acceptors (Lipinski definition) is 4. The summed E-state index contributed by atoms with van der Waals surface area (Å²) in [6, 6.07) is 13.2. The monoisotopic (exact) mass is 422 g/mol. The van der Waals surface area contributed by atoms with Gasteiger partial charge in [-0.2, -0.15) is 0 Å². The highest BCUT2D eigenvalue weighted by atomic mass is 32.1. The lowest BCUT2D eigenvalue weighted by atomic mass is 10.0. The van der Waals surface area contributed by atoms with Crippen LogP contribution in [0.4, 0.5) is 8.78 Å². The van der Waals surface area contributed by atoms with Gasteiger partial charge < -0.3 is 9.67 Å². The molecule has 0 atom stereocenters. The van der Waals surface area contributed by atoms with Gasteiger partial charge in [0.1, 0.15) is 10.3 Å². The van der Waals surface area contributed by atoms with Gasteiger partial charge in [-0.25, -0.2) is 13.8 Å². The molecule has 0 saturated carbocycles. The molecule has 2 aromatic carbocycles. The van der Waals surface area contributed by atoms with Crippen molar-refractivity contribution in [2.75, 3.05) is 0 Å². The Bertz CT molecular complexity index is 1370. The molecule has 0 unspecified atom stereocenters. The first-order valence-electron chi connectivity index (χ1n) is 9.12. The zero-order valence-electron chi connectivity index (χ0n) is 15.9. The van der Waals surface area contributed by atoms with Crippen molar-refractivity contribution in [3.63, 3.8) is 0 Å². The van der Waals surface area contributed by atoms with Gasteiger partial charge >= 0.3 is 0 Å². The molecular weight excluding hydrogens is 406 g/mol. The molecule has 7 heteroatoms. The quantitative estimate of drug-likeness (QED) is 0.505. The first kappa shape index (κ1) is 19.8. The predicted molar refractivity (Wildman–Crippen MR) is 113 cm³/mol. The molecule has 0 radical (unpaired) electrons. The second kappa shape index (κ2) is 8.09. The zero-order chi connectivity index (χ0) is 21.3. The van der Waals surface area contributed by atoms with E-state index in [-0.39, 0.29) is 23.3 Å². The Hall–Kier alpha value is -3.50. The third kappa shape index (κ3) is 3.82. The van der Waals surface area contributed by atoms with Crippen molar-refractivity contribution >= 4 is 21.7 Å². The Morgan fingerprint density at radius 3 is 2.60 bits per heavy atom. The molecule has 150 valence electrons.